The summed E-state index contributed by atoms with van der Waals surface area (Å²) in [6.07, 6.45) is 3.03. The zero-order valence-corrected chi connectivity index (χ0v) is 12.1. The number of aromatic nitrogens is 3. The van der Waals surface area contributed by atoms with E-state index in [2.05, 4.69) is 20.1 Å². The quantitative estimate of drug-likeness (QED) is 0.857. The second kappa shape index (κ2) is 6.17. The number of methoxy groups -OCH3 is 1. The van der Waals surface area contributed by atoms with Crippen LogP contribution in [-0.2, 0) is 16.1 Å². The molecule has 0 fully saturated rings. The van der Waals surface area contributed by atoms with Crippen molar-refractivity contribution in [3.05, 3.63) is 41.5 Å². The van der Waals surface area contributed by atoms with Crippen LogP contribution in [0.15, 0.2) is 24.5 Å². The van der Waals surface area contributed by atoms with Crippen LogP contribution in [0.2, 0.25) is 0 Å². The highest BCUT2D eigenvalue weighted by atomic mass is 16.5. The summed E-state index contributed by atoms with van der Waals surface area (Å²) in [6.45, 7) is 3.64. The van der Waals surface area contributed by atoms with Gasteiger partial charge in [-0.1, -0.05) is 0 Å². The molecule has 0 aromatic carbocycles. The number of carbonyl (C=O) groups excluding carboxylic acids is 2. The molecule has 21 heavy (non-hydrogen) atoms. The summed E-state index contributed by atoms with van der Waals surface area (Å²) < 4.78 is 5.94. The van der Waals surface area contributed by atoms with Gasteiger partial charge in [-0.3, -0.25) is 19.3 Å². The molecule has 110 valence electrons. The Morgan fingerprint density at radius 1 is 1.33 bits per heavy atom. The highest BCUT2D eigenvalue weighted by Gasteiger charge is 2.12. The Morgan fingerprint density at radius 2 is 2.10 bits per heavy atom. The van der Waals surface area contributed by atoms with E-state index in [1.165, 1.54) is 18.0 Å². The van der Waals surface area contributed by atoms with Gasteiger partial charge in [0.05, 0.1) is 30.3 Å². The van der Waals surface area contributed by atoms with Gasteiger partial charge in [-0.15, -0.1) is 0 Å². The van der Waals surface area contributed by atoms with E-state index in [9.17, 15) is 9.59 Å². The van der Waals surface area contributed by atoms with Gasteiger partial charge in [0.25, 0.3) is 5.91 Å². The maximum atomic E-state index is 12.2. The Morgan fingerprint density at radius 3 is 2.76 bits per heavy atom. The summed E-state index contributed by atoms with van der Waals surface area (Å²) in [7, 11) is 1.31. The van der Waals surface area contributed by atoms with Gasteiger partial charge in [-0.25, -0.2) is 0 Å². The lowest BCUT2D eigenvalue weighted by Crippen LogP contribution is -2.14. The summed E-state index contributed by atoms with van der Waals surface area (Å²) in [5, 5.41) is 6.69. The van der Waals surface area contributed by atoms with Crippen LogP contribution in [0.3, 0.4) is 0 Å². The van der Waals surface area contributed by atoms with Gasteiger partial charge in [-0.05, 0) is 26.0 Å². The molecule has 0 spiro atoms. The minimum absolute atomic E-state index is 0.00249. The Kier molecular flexibility index (Phi) is 4.32. The molecule has 0 saturated heterocycles. The molecule has 2 rings (SSSR count). The predicted octanol–water partition coefficient (Wildman–Crippen LogP) is 1.32. The smallest absolute Gasteiger partial charge is 0.327 e. The van der Waals surface area contributed by atoms with Gasteiger partial charge < -0.3 is 10.1 Å². The first-order chi connectivity index (χ1) is 9.99. The number of rotatable bonds is 4. The standard InChI is InChI=1S/C14H16N4O3/c1-9-4-5-12(10(2)16-9)14(20)17-11-6-15-18(7-11)8-13(19)21-3/h4-7H,8H2,1-3H3,(H,17,20). The Bertz CT molecular complexity index is 679. The van der Waals surface area contributed by atoms with Gasteiger partial charge in [0.1, 0.15) is 6.54 Å². The third-order valence-electron chi connectivity index (χ3n) is 2.88. The second-order valence-electron chi connectivity index (χ2n) is 4.54. The second-order valence-corrected chi connectivity index (χ2v) is 4.54. The van der Waals surface area contributed by atoms with Crippen molar-refractivity contribution >= 4 is 17.6 Å². The Labute approximate surface area is 121 Å². The molecule has 1 amide bonds. The van der Waals surface area contributed by atoms with E-state index in [4.69, 9.17) is 0 Å². The van der Waals surface area contributed by atoms with Crippen LogP contribution in [-0.4, -0.2) is 33.8 Å². The van der Waals surface area contributed by atoms with Gasteiger partial charge in [-0.2, -0.15) is 5.10 Å². The largest absolute Gasteiger partial charge is 0.468 e. The molecule has 7 nitrogen and oxygen atoms in total. The average molecular weight is 288 g/mol. The van der Waals surface area contributed by atoms with Crippen LogP contribution in [0, 0.1) is 13.8 Å². The first-order valence-corrected chi connectivity index (χ1v) is 6.34. The van der Waals surface area contributed by atoms with E-state index in [0.717, 1.165) is 5.69 Å². The summed E-state index contributed by atoms with van der Waals surface area (Å²) in [6, 6.07) is 3.51. The molecular weight excluding hydrogens is 272 g/mol. The fourth-order valence-electron chi connectivity index (χ4n) is 1.84. The molecule has 0 aliphatic heterocycles. The Balaban J connectivity index is 2.07. The van der Waals surface area contributed by atoms with E-state index in [0.29, 0.717) is 16.9 Å². The Hall–Kier alpha value is -2.70. The third kappa shape index (κ3) is 3.65. The first-order valence-electron chi connectivity index (χ1n) is 6.34. The minimum Gasteiger partial charge on any atom is -0.468 e. The van der Waals surface area contributed by atoms with Gasteiger partial charge in [0.15, 0.2) is 0 Å². The number of pyridine rings is 1. The molecule has 1 N–H and O–H groups in total. The average Bonchev–Trinajstić information content (AvgIpc) is 2.85. The van der Waals surface area contributed by atoms with Crippen LogP contribution in [0.25, 0.3) is 0 Å². The number of carbonyl (C=O) groups is 2. The topological polar surface area (TPSA) is 86.1 Å². The normalized spacial score (nSPS) is 10.2. The van der Waals surface area contributed by atoms with E-state index >= 15 is 0 Å². The van der Waals surface area contributed by atoms with Crippen LogP contribution in [0.4, 0.5) is 5.69 Å². The van der Waals surface area contributed by atoms with E-state index < -0.39 is 5.97 Å². The zero-order valence-electron chi connectivity index (χ0n) is 12.1. The van der Waals surface area contributed by atoms with Gasteiger partial charge in [0.2, 0.25) is 0 Å². The number of nitrogens with zero attached hydrogens (tertiary/aromatic N) is 3. The number of anilines is 1. The lowest BCUT2D eigenvalue weighted by molar-refractivity contribution is -0.141. The number of hydrogen-bond acceptors (Lipinski definition) is 5. The number of hydrogen-bond donors (Lipinski definition) is 1. The number of nitrogens with one attached hydrogen (secondary N) is 1. The molecular formula is C14H16N4O3. The number of aryl methyl sites for hydroxylation is 2. The van der Waals surface area contributed by atoms with Crippen molar-refractivity contribution in [1.82, 2.24) is 14.8 Å². The van der Waals surface area contributed by atoms with Crippen molar-refractivity contribution in [2.75, 3.05) is 12.4 Å². The SMILES string of the molecule is COC(=O)Cn1cc(NC(=O)c2ccc(C)nc2C)cn1. The third-order valence-corrected chi connectivity index (χ3v) is 2.88. The van der Waals surface area contributed by atoms with Crippen molar-refractivity contribution in [2.24, 2.45) is 0 Å². The molecule has 0 bridgehead atoms. The van der Waals surface area contributed by atoms with Gasteiger partial charge in [0, 0.05) is 11.9 Å². The van der Waals surface area contributed by atoms with Crippen LogP contribution in [0.5, 0.6) is 0 Å². The molecule has 0 radical (unpaired) electrons. The van der Waals surface area contributed by atoms with E-state index in [1.54, 1.807) is 25.3 Å². The van der Waals surface area contributed by atoms with Gasteiger partial charge >= 0.3 is 5.97 Å². The minimum atomic E-state index is -0.408. The molecule has 2 heterocycles. The van der Waals surface area contributed by atoms with Crippen molar-refractivity contribution in [2.45, 2.75) is 20.4 Å². The van der Waals surface area contributed by atoms with Crippen molar-refractivity contribution < 1.29 is 14.3 Å². The monoisotopic (exact) mass is 288 g/mol. The fraction of sp³-hybridized carbons (Fsp3) is 0.286. The molecule has 2 aromatic rings. The lowest BCUT2D eigenvalue weighted by Gasteiger charge is -2.05. The van der Waals surface area contributed by atoms with Crippen molar-refractivity contribution in [1.29, 1.82) is 0 Å². The highest BCUT2D eigenvalue weighted by Crippen LogP contribution is 2.11. The molecule has 2 aromatic heterocycles. The predicted molar refractivity (Wildman–Crippen MR) is 75.9 cm³/mol. The maximum absolute atomic E-state index is 12.2. The van der Waals surface area contributed by atoms with Crippen molar-refractivity contribution in [3.63, 3.8) is 0 Å². The number of amides is 1. The zero-order chi connectivity index (χ0) is 15.4. The molecule has 0 aliphatic rings. The number of ether oxygens (including phenoxy) is 1. The summed E-state index contributed by atoms with van der Waals surface area (Å²) in [4.78, 5) is 27.5. The molecule has 0 unspecified atom stereocenters. The summed E-state index contributed by atoms with van der Waals surface area (Å²) in [5.41, 5.74) is 2.52. The highest BCUT2D eigenvalue weighted by molar-refractivity contribution is 6.04. The fourth-order valence-corrected chi connectivity index (χ4v) is 1.84. The molecule has 0 atom stereocenters. The first kappa shape index (κ1) is 14.7. The van der Waals surface area contributed by atoms with E-state index in [1.807, 2.05) is 6.92 Å². The van der Waals surface area contributed by atoms with E-state index in [-0.39, 0.29) is 12.5 Å². The lowest BCUT2D eigenvalue weighted by atomic mass is 10.1. The number of esters is 1. The summed E-state index contributed by atoms with van der Waals surface area (Å²) in [5.74, 6) is -0.674. The maximum Gasteiger partial charge on any atom is 0.327 e. The van der Waals surface area contributed by atoms with Crippen LogP contribution in [0.1, 0.15) is 21.7 Å². The molecule has 0 aliphatic carbocycles. The van der Waals surface area contributed by atoms with Crippen LogP contribution < -0.4 is 5.32 Å². The molecule has 7 heteroatoms. The van der Waals surface area contributed by atoms with Crippen molar-refractivity contribution in [3.8, 4) is 0 Å². The van der Waals surface area contributed by atoms with Crippen LogP contribution >= 0.6 is 0 Å². The summed E-state index contributed by atoms with van der Waals surface area (Å²) >= 11 is 0. The molecule has 0 saturated carbocycles.